The maximum absolute atomic E-state index is 6.69. The van der Waals surface area contributed by atoms with Crippen LogP contribution in [0.1, 0.15) is 17.9 Å². The summed E-state index contributed by atoms with van der Waals surface area (Å²) in [5.74, 6) is 2.25. The molecule has 2 aliphatic rings. The van der Waals surface area contributed by atoms with E-state index >= 15 is 0 Å². The zero-order valence-corrected chi connectivity index (χ0v) is 25.5. The van der Waals surface area contributed by atoms with Gasteiger partial charge in [0.25, 0.3) is 0 Å². The van der Waals surface area contributed by atoms with Crippen LogP contribution in [0.4, 0.5) is 17.1 Å². The van der Waals surface area contributed by atoms with Crippen molar-refractivity contribution in [2.24, 2.45) is 0 Å². The Morgan fingerprint density at radius 1 is 0.574 bits per heavy atom. The molecule has 2 aromatic heterocycles. The molecule has 11 rings (SSSR count). The number of hydrogen-bond acceptors (Lipinski definition) is 2. The van der Waals surface area contributed by atoms with Gasteiger partial charge in [0.1, 0.15) is 5.76 Å². The van der Waals surface area contributed by atoms with Crippen LogP contribution in [0.3, 0.4) is 0 Å². The summed E-state index contributed by atoms with van der Waals surface area (Å²) in [7, 11) is 0. The van der Waals surface area contributed by atoms with E-state index in [0.29, 0.717) is 0 Å². The van der Waals surface area contributed by atoms with Crippen molar-refractivity contribution in [1.82, 2.24) is 4.40 Å². The summed E-state index contributed by atoms with van der Waals surface area (Å²) in [4.78, 5) is 2.39. The summed E-state index contributed by atoms with van der Waals surface area (Å²) in [6, 6.07) is 49.0. The third kappa shape index (κ3) is 3.46. The van der Waals surface area contributed by atoms with Crippen molar-refractivity contribution in [2.75, 3.05) is 4.90 Å². The molecule has 0 radical (unpaired) electrons. The molecule has 1 atom stereocenters. The molecule has 0 N–H and O–H groups in total. The highest BCUT2D eigenvalue weighted by molar-refractivity contribution is 6.27. The van der Waals surface area contributed by atoms with Gasteiger partial charge >= 0.3 is 0 Å². The number of allylic oxidation sites excluding steroid dienone is 4. The van der Waals surface area contributed by atoms with Crippen LogP contribution in [-0.4, -0.2) is 4.40 Å². The predicted molar refractivity (Wildman–Crippen MR) is 196 cm³/mol. The number of fused-ring (bicyclic) bond motifs is 11. The lowest BCUT2D eigenvalue weighted by Crippen LogP contribution is -2.11. The third-order valence-electron chi connectivity index (χ3n) is 10.4. The molecule has 3 heteroatoms. The molecule has 7 aromatic carbocycles. The smallest absolute Gasteiger partial charge is 0.154 e. The van der Waals surface area contributed by atoms with Crippen LogP contribution >= 0.6 is 0 Å². The van der Waals surface area contributed by atoms with Gasteiger partial charge in [-0.2, -0.15) is 0 Å². The standard InChI is InChI=1S/C44H28N2O/c1-2-15-31(16-3-1)45(39-19-10-18-34-33-17-8-9-20-42(33)47-44(34)39)32-25-37-35-21-27-11-4-6-13-29(27)23-40(35)46-41-24-30-14-7-5-12-28(30)22-36(41)38(26-32)43(37)46/h1-16,18-26,33H,17H2. The number of nitrogens with zero attached hydrogens (tertiary/aromatic N) is 2. The summed E-state index contributed by atoms with van der Waals surface area (Å²) in [6.07, 6.45) is 7.44. The summed E-state index contributed by atoms with van der Waals surface area (Å²) in [5.41, 5.74) is 8.28. The lowest BCUT2D eigenvalue weighted by Gasteiger charge is -2.27. The first-order chi connectivity index (χ1) is 23.3. The topological polar surface area (TPSA) is 16.9 Å². The second-order valence-corrected chi connectivity index (χ2v) is 12.9. The molecule has 0 fully saturated rings. The fourth-order valence-corrected chi connectivity index (χ4v) is 8.25. The van der Waals surface area contributed by atoms with E-state index in [4.69, 9.17) is 4.74 Å². The zero-order valence-electron chi connectivity index (χ0n) is 25.5. The number of para-hydroxylation sites is 2. The second kappa shape index (κ2) is 9.24. The molecule has 47 heavy (non-hydrogen) atoms. The highest BCUT2D eigenvalue weighted by Crippen LogP contribution is 2.53. The van der Waals surface area contributed by atoms with Crippen LogP contribution in [0.5, 0.6) is 5.75 Å². The van der Waals surface area contributed by atoms with Crippen LogP contribution < -0.4 is 9.64 Å². The van der Waals surface area contributed by atoms with E-state index in [9.17, 15) is 0 Å². The van der Waals surface area contributed by atoms with Gasteiger partial charge in [-0.15, -0.1) is 0 Å². The minimum atomic E-state index is 0.263. The number of ether oxygens (including phenoxy) is 1. The van der Waals surface area contributed by atoms with Gasteiger partial charge in [0, 0.05) is 44.4 Å². The van der Waals surface area contributed by atoms with Crippen LogP contribution in [0.2, 0.25) is 0 Å². The molecule has 0 bridgehead atoms. The molecule has 0 amide bonds. The molecule has 1 aliphatic heterocycles. The van der Waals surface area contributed by atoms with Crippen molar-refractivity contribution in [3.8, 4) is 5.75 Å². The van der Waals surface area contributed by atoms with Gasteiger partial charge in [-0.1, -0.05) is 91.0 Å². The summed E-state index contributed by atoms with van der Waals surface area (Å²) in [5, 5.41) is 10.1. The van der Waals surface area contributed by atoms with Gasteiger partial charge in [-0.3, -0.25) is 0 Å². The van der Waals surface area contributed by atoms with E-state index < -0.39 is 0 Å². The van der Waals surface area contributed by atoms with Gasteiger partial charge in [0.05, 0.1) is 22.2 Å². The van der Waals surface area contributed by atoms with Gasteiger partial charge in [0.15, 0.2) is 5.75 Å². The van der Waals surface area contributed by atoms with Crippen molar-refractivity contribution in [1.29, 1.82) is 0 Å². The lowest BCUT2D eigenvalue weighted by atomic mass is 9.92. The van der Waals surface area contributed by atoms with Crippen molar-refractivity contribution in [3.63, 3.8) is 0 Å². The fraction of sp³-hybridized carbons (Fsp3) is 0.0455. The molecule has 3 heterocycles. The number of benzene rings is 7. The number of rotatable bonds is 3. The molecular weight excluding hydrogens is 572 g/mol. The highest BCUT2D eigenvalue weighted by atomic mass is 16.5. The van der Waals surface area contributed by atoms with Gasteiger partial charge in [-0.25, -0.2) is 0 Å². The molecule has 0 saturated heterocycles. The van der Waals surface area contributed by atoms with E-state index in [-0.39, 0.29) is 5.92 Å². The Hall–Kier alpha value is -6.06. The van der Waals surface area contributed by atoms with Gasteiger partial charge in [-0.05, 0) is 88.6 Å². The summed E-state index contributed by atoms with van der Waals surface area (Å²) in [6.45, 7) is 0. The highest BCUT2D eigenvalue weighted by Gasteiger charge is 2.34. The van der Waals surface area contributed by atoms with Crippen LogP contribution in [0.15, 0.2) is 157 Å². The molecule has 9 aromatic rings. The largest absolute Gasteiger partial charge is 0.459 e. The Labute approximate surface area is 271 Å². The normalized spacial score (nSPS) is 15.6. The monoisotopic (exact) mass is 600 g/mol. The molecular formula is C44H28N2O. The van der Waals surface area contributed by atoms with Crippen LogP contribution in [0, 0.1) is 0 Å². The van der Waals surface area contributed by atoms with Crippen molar-refractivity contribution in [3.05, 3.63) is 163 Å². The minimum Gasteiger partial charge on any atom is -0.459 e. The average molecular weight is 601 g/mol. The van der Waals surface area contributed by atoms with Crippen LogP contribution in [0.25, 0.3) is 59.6 Å². The molecule has 0 spiro atoms. The molecule has 1 aliphatic carbocycles. The average Bonchev–Trinajstić information content (AvgIpc) is 3.77. The maximum Gasteiger partial charge on any atom is 0.154 e. The van der Waals surface area contributed by atoms with Crippen molar-refractivity contribution < 1.29 is 4.74 Å². The molecule has 1 unspecified atom stereocenters. The maximum atomic E-state index is 6.69. The van der Waals surface area contributed by atoms with Crippen molar-refractivity contribution in [2.45, 2.75) is 12.3 Å². The minimum absolute atomic E-state index is 0.263. The molecule has 0 saturated carbocycles. The molecule has 3 nitrogen and oxygen atoms in total. The Kier molecular flexibility index (Phi) is 4.95. The van der Waals surface area contributed by atoms with E-state index in [0.717, 1.165) is 35.0 Å². The number of anilines is 3. The Morgan fingerprint density at radius 3 is 1.85 bits per heavy atom. The Bertz CT molecular complexity index is 2680. The summed E-state index contributed by atoms with van der Waals surface area (Å²) >= 11 is 0. The van der Waals surface area contributed by atoms with Gasteiger partial charge in [0.2, 0.25) is 0 Å². The quantitative estimate of drug-likeness (QED) is 0.201. The fourth-order valence-electron chi connectivity index (χ4n) is 8.25. The second-order valence-electron chi connectivity index (χ2n) is 12.9. The lowest BCUT2D eigenvalue weighted by molar-refractivity contribution is 0.426. The van der Waals surface area contributed by atoms with E-state index in [2.05, 4.69) is 161 Å². The first-order valence-electron chi connectivity index (χ1n) is 16.4. The Balaban J connectivity index is 1.27. The zero-order chi connectivity index (χ0) is 30.6. The molecule has 220 valence electrons. The summed E-state index contributed by atoms with van der Waals surface area (Å²) < 4.78 is 9.19. The van der Waals surface area contributed by atoms with E-state index in [1.807, 2.05) is 0 Å². The number of aromatic nitrogens is 1. The van der Waals surface area contributed by atoms with Gasteiger partial charge < -0.3 is 14.0 Å². The predicted octanol–water partition coefficient (Wildman–Crippen LogP) is 11.9. The van der Waals surface area contributed by atoms with Crippen LogP contribution in [-0.2, 0) is 0 Å². The first kappa shape index (κ1) is 25.2. The number of hydrogen-bond donors (Lipinski definition) is 0. The Morgan fingerprint density at radius 2 is 1.19 bits per heavy atom. The van der Waals surface area contributed by atoms with Crippen molar-refractivity contribution >= 4 is 76.7 Å². The first-order valence-corrected chi connectivity index (χ1v) is 16.4. The van der Waals surface area contributed by atoms with E-state index in [1.54, 1.807) is 0 Å². The SMILES string of the molecule is C1=CCC2C(=C1)Oc1c2cccc1N(c1ccccc1)c1cc2c3cc4ccccc4cc3n3c4cc5ccccc5cc4c(c1)c23. The third-order valence-corrected chi connectivity index (χ3v) is 10.4. The van der Waals surface area contributed by atoms with E-state index in [1.165, 1.54) is 65.2 Å².